The van der Waals surface area contributed by atoms with Crippen molar-refractivity contribution in [3.05, 3.63) is 12.4 Å². The van der Waals surface area contributed by atoms with Crippen molar-refractivity contribution >= 4 is 16.0 Å². The molecule has 1 aromatic rings. The standard InChI is InChI=1S/C12H19N3O5S/c1-12(18)3-2-5-15(6-4-12)21(19,20)10-7-13-14(8-10)9-11(16)17/h7-8,18H,2-6,9H2,1H3,(H,16,17). The molecule has 8 nitrogen and oxygen atoms in total. The van der Waals surface area contributed by atoms with Crippen molar-refractivity contribution in [2.24, 2.45) is 0 Å². The lowest BCUT2D eigenvalue weighted by Gasteiger charge is -2.21. The second-order valence-corrected chi connectivity index (χ2v) is 7.46. The summed E-state index contributed by atoms with van der Waals surface area (Å²) in [7, 11) is -3.70. The topological polar surface area (TPSA) is 113 Å². The third-order valence-corrected chi connectivity index (χ3v) is 5.42. The zero-order valence-corrected chi connectivity index (χ0v) is 12.6. The van der Waals surface area contributed by atoms with E-state index in [1.54, 1.807) is 6.92 Å². The Kier molecular flexibility index (Phi) is 4.35. The van der Waals surface area contributed by atoms with Crippen LogP contribution in [0.1, 0.15) is 26.2 Å². The number of hydrogen-bond acceptors (Lipinski definition) is 5. The number of sulfonamides is 1. The quantitative estimate of drug-likeness (QED) is 0.801. The molecule has 21 heavy (non-hydrogen) atoms. The molecular formula is C12H19N3O5S. The lowest BCUT2D eigenvalue weighted by Crippen LogP contribution is -2.33. The summed E-state index contributed by atoms with van der Waals surface area (Å²) in [6.07, 6.45) is 3.87. The van der Waals surface area contributed by atoms with Crippen LogP contribution in [0.15, 0.2) is 17.3 Å². The second kappa shape index (κ2) is 5.74. The van der Waals surface area contributed by atoms with E-state index in [0.29, 0.717) is 25.8 Å². The highest BCUT2D eigenvalue weighted by Crippen LogP contribution is 2.25. The molecule has 9 heteroatoms. The van der Waals surface area contributed by atoms with Crippen molar-refractivity contribution < 1.29 is 23.4 Å². The summed E-state index contributed by atoms with van der Waals surface area (Å²) in [5.74, 6) is -1.09. The van der Waals surface area contributed by atoms with E-state index in [-0.39, 0.29) is 18.0 Å². The molecule has 0 aliphatic carbocycles. The first-order valence-corrected chi connectivity index (χ1v) is 8.11. The number of carboxylic acids is 1. The molecule has 1 aliphatic heterocycles. The number of carboxylic acid groups (broad SMARTS) is 1. The van der Waals surface area contributed by atoms with Gasteiger partial charge in [-0.15, -0.1) is 0 Å². The Morgan fingerprint density at radius 2 is 2.14 bits per heavy atom. The third-order valence-electron chi connectivity index (χ3n) is 3.57. The van der Waals surface area contributed by atoms with Crippen molar-refractivity contribution in [1.82, 2.24) is 14.1 Å². The lowest BCUT2D eigenvalue weighted by molar-refractivity contribution is -0.137. The van der Waals surface area contributed by atoms with Gasteiger partial charge in [-0.2, -0.15) is 9.40 Å². The van der Waals surface area contributed by atoms with E-state index in [0.717, 1.165) is 10.9 Å². The summed E-state index contributed by atoms with van der Waals surface area (Å²) in [5.41, 5.74) is -0.849. The molecule has 1 aliphatic rings. The summed E-state index contributed by atoms with van der Waals surface area (Å²) < 4.78 is 27.4. The second-order valence-electron chi connectivity index (χ2n) is 5.52. The van der Waals surface area contributed by atoms with Gasteiger partial charge in [0.25, 0.3) is 0 Å². The molecule has 1 saturated heterocycles. The molecule has 0 saturated carbocycles. The van der Waals surface area contributed by atoms with Gasteiger partial charge in [0.15, 0.2) is 0 Å². The Bertz CT molecular complexity index is 623. The fourth-order valence-electron chi connectivity index (χ4n) is 2.33. The van der Waals surface area contributed by atoms with Crippen LogP contribution in [0.3, 0.4) is 0 Å². The third kappa shape index (κ3) is 3.80. The fraction of sp³-hybridized carbons (Fsp3) is 0.667. The lowest BCUT2D eigenvalue weighted by atomic mass is 9.98. The van der Waals surface area contributed by atoms with E-state index >= 15 is 0 Å². The van der Waals surface area contributed by atoms with Crippen LogP contribution in [0.25, 0.3) is 0 Å². The molecule has 1 unspecified atom stereocenters. The smallest absolute Gasteiger partial charge is 0.325 e. The summed E-state index contributed by atoms with van der Waals surface area (Å²) in [6.45, 7) is 1.89. The number of rotatable bonds is 4. The number of nitrogens with zero attached hydrogens (tertiary/aromatic N) is 3. The molecule has 0 bridgehead atoms. The summed E-state index contributed by atoms with van der Waals surface area (Å²) in [6, 6.07) is 0. The average molecular weight is 317 g/mol. The van der Waals surface area contributed by atoms with E-state index in [9.17, 15) is 18.3 Å². The van der Waals surface area contributed by atoms with Gasteiger partial charge >= 0.3 is 5.97 Å². The van der Waals surface area contributed by atoms with E-state index in [4.69, 9.17) is 5.11 Å². The molecule has 0 aromatic carbocycles. The molecule has 1 atom stereocenters. The molecular weight excluding hydrogens is 298 g/mol. The maximum absolute atomic E-state index is 12.5. The zero-order chi connectivity index (χ0) is 15.7. The first-order chi connectivity index (χ1) is 9.71. The van der Waals surface area contributed by atoms with E-state index < -0.39 is 21.6 Å². The van der Waals surface area contributed by atoms with Crippen LogP contribution in [0.4, 0.5) is 0 Å². The molecule has 2 N–H and O–H groups in total. The minimum Gasteiger partial charge on any atom is -0.480 e. The van der Waals surface area contributed by atoms with Gasteiger partial charge in [-0.1, -0.05) is 0 Å². The number of aliphatic carboxylic acids is 1. The number of aliphatic hydroxyl groups is 1. The van der Waals surface area contributed by atoms with Crippen molar-refractivity contribution in [2.75, 3.05) is 13.1 Å². The molecule has 0 radical (unpaired) electrons. The highest BCUT2D eigenvalue weighted by Gasteiger charge is 2.32. The van der Waals surface area contributed by atoms with Gasteiger partial charge in [0.1, 0.15) is 11.4 Å². The van der Waals surface area contributed by atoms with Gasteiger partial charge in [-0.25, -0.2) is 8.42 Å². The van der Waals surface area contributed by atoms with Gasteiger partial charge in [-0.3, -0.25) is 9.48 Å². The predicted octanol–water partition coefficient (Wildman–Crippen LogP) is -0.107. The Morgan fingerprint density at radius 3 is 2.81 bits per heavy atom. The minimum absolute atomic E-state index is 0.0229. The van der Waals surface area contributed by atoms with Gasteiger partial charge in [0, 0.05) is 19.3 Å². The number of carbonyl (C=O) groups is 1. The largest absolute Gasteiger partial charge is 0.480 e. The molecule has 1 fully saturated rings. The fourth-order valence-corrected chi connectivity index (χ4v) is 3.77. The van der Waals surface area contributed by atoms with E-state index in [2.05, 4.69) is 5.10 Å². The normalized spacial score (nSPS) is 24.7. The van der Waals surface area contributed by atoms with Crippen molar-refractivity contribution in [2.45, 2.75) is 43.2 Å². The Balaban J connectivity index is 2.17. The summed E-state index contributed by atoms with van der Waals surface area (Å²) in [4.78, 5) is 10.6. The Morgan fingerprint density at radius 1 is 1.43 bits per heavy atom. The van der Waals surface area contributed by atoms with Crippen molar-refractivity contribution in [1.29, 1.82) is 0 Å². The number of hydrogen-bond donors (Lipinski definition) is 2. The van der Waals surface area contributed by atoms with Crippen LogP contribution >= 0.6 is 0 Å². The maximum atomic E-state index is 12.5. The number of aromatic nitrogens is 2. The molecule has 2 rings (SSSR count). The maximum Gasteiger partial charge on any atom is 0.325 e. The molecule has 0 spiro atoms. The predicted molar refractivity (Wildman–Crippen MR) is 73.1 cm³/mol. The monoisotopic (exact) mass is 317 g/mol. The molecule has 1 aromatic heterocycles. The summed E-state index contributed by atoms with van der Waals surface area (Å²) >= 11 is 0. The van der Waals surface area contributed by atoms with Gasteiger partial charge in [-0.05, 0) is 26.2 Å². The highest BCUT2D eigenvalue weighted by atomic mass is 32.2. The van der Waals surface area contributed by atoms with E-state index in [1.165, 1.54) is 10.5 Å². The molecule has 118 valence electrons. The first kappa shape index (κ1) is 15.9. The highest BCUT2D eigenvalue weighted by molar-refractivity contribution is 7.89. The van der Waals surface area contributed by atoms with Crippen molar-refractivity contribution in [3.63, 3.8) is 0 Å². The minimum atomic E-state index is -3.70. The van der Waals surface area contributed by atoms with E-state index in [1.807, 2.05) is 0 Å². The van der Waals surface area contributed by atoms with Gasteiger partial charge in [0.05, 0.1) is 11.8 Å². The van der Waals surface area contributed by atoms with Crippen LogP contribution in [-0.2, 0) is 21.4 Å². The average Bonchev–Trinajstić information content (AvgIpc) is 2.73. The first-order valence-electron chi connectivity index (χ1n) is 6.67. The van der Waals surface area contributed by atoms with Gasteiger partial charge in [0.2, 0.25) is 10.0 Å². The SMILES string of the molecule is CC1(O)CCCN(S(=O)(=O)c2cnn(CC(=O)O)c2)CC1. The molecule has 2 heterocycles. The molecule has 0 amide bonds. The van der Waals surface area contributed by atoms with Crippen LogP contribution in [-0.4, -0.2) is 57.4 Å². The summed E-state index contributed by atoms with van der Waals surface area (Å²) in [5, 5.41) is 22.4. The van der Waals surface area contributed by atoms with Crippen LogP contribution in [0, 0.1) is 0 Å². The van der Waals surface area contributed by atoms with Crippen LogP contribution < -0.4 is 0 Å². The van der Waals surface area contributed by atoms with Crippen LogP contribution in [0.2, 0.25) is 0 Å². The Hall–Kier alpha value is -1.45. The van der Waals surface area contributed by atoms with Crippen LogP contribution in [0.5, 0.6) is 0 Å². The zero-order valence-electron chi connectivity index (χ0n) is 11.8. The van der Waals surface area contributed by atoms with Gasteiger partial charge < -0.3 is 10.2 Å². The Labute approximate surface area is 123 Å². The van der Waals surface area contributed by atoms with Crippen molar-refractivity contribution in [3.8, 4) is 0 Å².